The molecule has 0 bridgehead atoms. The molecule has 438 valence electrons. The third kappa shape index (κ3) is 61.4. The molecule has 0 amide bonds. The summed E-state index contributed by atoms with van der Waals surface area (Å²) in [7, 11) is 0. The summed E-state index contributed by atoms with van der Waals surface area (Å²) in [5.41, 5.74) is 0. The van der Waals surface area contributed by atoms with Gasteiger partial charge in [-0.15, -0.1) is 0 Å². The second-order valence-electron chi connectivity index (χ2n) is 21.7. The van der Waals surface area contributed by atoms with Crippen LogP contribution in [-0.2, 0) is 28.6 Å². The topological polar surface area (TPSA) is 78.9 Å². The lowest BCUT2D eigenvalue weighted by molar-refractivity contribution is -0.166. The molecule has 0 N–H and O–H groups in total. The molecular formula is C70H122O6. The van der Waals surface area contributed by atoms with E-state index in [9.17, 15) is 14.4 Å². The van der Waals surface area contributed by atoms with Gasteiger partial charge in [0.1, 0.15) is 13.2 Å². The lowest BCUT2D eigenvalue weighted by atomic mass is 10.0. The highest BCUT2D eigenvalue weighted by Crippen LogP contribution is 2.17. The summed E-state index contributed by atoms with van der Waals surface area (Å²) < 4.78 is 16.8. The molecule has 0 saturated heterocycles. The first-order valence-corrected chi connectivity index (χ1v) is 32.6. The molecule has 0 aromatic carbocycles. The normalized spacial score (nSPS) is 12.6. The zero-order valence-electron chi connectivity index (χ0n) is 50.3. The lowest BCUT2D eigenvalue weighted by Crippen LogP contribution is -2.30. The summed E-state index contributed by atoms with van der Waals surface area (Å²) in [6, 6.07) is 0. The molecule has 0 radical (unpaired) electrons. The molecule has 0 aliphatic rings. The number of ether oxygens (including phenoxy) is 3. The Morgan fingerprint density at radius 1 is 0.289 bits per heavy atom. The van der Waals surface area contributed by atoms with Crippen molar-refractivity contribution >= 4 is 17.9 Å². The van der Waals surface area contributed by atoms with Crippen molar-refractivity contribution in [3.8, 4) is 0 Å². The van der Waals surface area contributed by atoms with Gasteiger partial charge in [0.25, 0.3) is 0 Å². The second kappa shape index (κ2) is 64.1. The standard InChI is InChI=1S/C70H122O6/c1-4-7-10-13-16-19-22-25-28-30-31-32-33-34-35-36-37-38-40-42-45-48-51-54-57-60-63-69(72)75-66-67(65-74-68(71)62-59-56-53-50-47-44-41-27-24-21-18-15-12-9-6-3)76-70(73)64-61-58-55-52-49-46-43-39-29-26-23-20-17-14-11-8-5-2/h9,12,17-18,20-21,26-27,29,41,47,50,56,59,67H,4-8,10-11,13-16,19,22-25,28,30-40,42-46,48-49,51-55,57-58,60-66H2,1-3H3/b12-9-,20-17-,21-18-,29-26-,41-27-,50-47-,59-56-. The molecule has 0 fully saturated rings. The van der Waals surface area contributed by atoms with E-state index in [1.807, 2.05) is 6.08 Å². The summed E-state index contributed by atoms with van der Waals surface area (Å²) in [6.07, 6.45) is 84.9. The molecule has 1 atom stereocenters. The Bertz CT molecular complexity index is 1450. The van der Waals surface area contributed by atoms with Crippen LogP contribution >= 0.6 is 0 Å². The van der Waals surface area contributed by atoms with Crippen LogP contribution in [0.5, 0.6) is 0 Å². The van der Waals surface area contributed by atoms with Crippen molar-refractivity contribution in [3.63, 3.8) is 0 Å². The van der Waals surface area contributed by atoms with Crippen LogP contribution in [0.25, 0.3) is 0 Å². The summed E-state index contributed by atoms with van der Waals surface area (Å²) in [5.74, 6) is -1.04. The van der Waals surface area contributed by atoms with Gasteiger partial charge in [-0.3, -0.25) is 14.4 Å². The van der Waals surface area contributed by atoms with E-state index >= 15 is 0 Å². The van der Waals surface area contributed by atoms with E-state index in [1.54, 1.807) is 6.08 Å². The van der Waals surface area contributed by atoms with Crippen molar-refractivity contribution in [2.45, 2.75) is 329 Å². The van der Waals surface area contributed by atoms with Crippen LogP contribution in [0.2, 0.25) is 0 Å². The Balaban J connectivity index is 4.34. The summed E-state index contributed by atoms with van der Waals surface area (Å²) >= 11 is 0. The third-order valence-electron chi connectivity index (χ3n) is 14.2. The number of carbonyl (C=O) groups is 3. The van der Waals surface area contributed by atoms with Crippen LogP contribution in [0, 0.1) is 0 Å². The van der Waals surface area contributed by atoms with Gasteiger partial charge in [-0.2, -0.15) is 0 Å². The maximum atomic E-state index is 12.9. The maximum Gasteiger partial charge on any atom is 0.309 e. The Morgan fingerprint density at radius 2 is 0.566 bits per heavy atom. The predicted octanol–water partition coefficient (Wildman–Crippen LogP) is 22.3. The molecule has 0 saturated carbocycles. The predicted molar refractivity (Wildman–Crippen MR) is 330 cm³/mol. The van der Waals surface area contributed by atoms with E-state index in [4.69, 9.17) is 14.2 Å². The number of esters is 3. The quantitative estimate of drug-likeness (QED) is 0.0261. The first-order chi connectivity index (χ1) is 37.5. The van der Waals surface area contributed by atoms with E-state index in [0.717, 1.165) is 83.5 Å². The SMILES string of the molecule is CC/C=C\C/C=C\C/C=C\C/C=C\C/C=C\CC(=O)OCC(COC(=O)CCCCCCCCCCCCCCCCCCCCCCCCCCCC)OC(=O)CCCCCCCCC/C=C\C/C=C\CCCCC. The Labute approximate surface area is 471 Å². The van der Waals surface area contributed by atoms with Gasteiger partial charge in [0.15, 0.2) is 6.10 Å². The Morgan fingerprint density at radius 3 is 0.947 bits per heavy atom. The van der Waals surface area contributed by atoms with Crippen molar-refractivity contribution in [2.24, 2.45) is 0 Å². The highest BCUT2D eigenvalue weighted by molar-refractivity contribution is 5.72. The monoisotopic (exact) mass is 1060 g/mol. The molecule has 0 spiro atoms. The number of hydrogen-bond acceptors (Lipinski definition) is 6. The first-order valence-electron chi connectivity index (χ1n) is 32.6. The van der Waals surface area contributed by atoms with E-state index in [-0.39, 0.29) is 31.6 Å². The van der Waals surface area contributed by atoms with Crippen molar-refractivity contribution in [1.82, 2.24) is 0 Å². The van der Waals surface area contributed by atoms with Crippen molar-refractivity contribution in [1.29, 1.82) is 0 Å². The highest BCUT2D eigenvalue weighted by Gasteiger charge is 2.19. The average molecular weight is 1060 g/mol. The van der Waals surface area contributed by atoms with E-state index in [2.05, 4.69) is 93.7 Å². The number of carbonyl (C=O) groups excluding carboxylic acids is 3. The average Bonchev–Trinajstić information content (AvgIpc) is 3.42. The summed E-state index contributed by atoms with van der Waals surface area (Å²) in [5, 5.41) is 0. The van der Waals surface area contributed by atoms with Gasteiger partial charge in [0.2, 0.25) is 0 Å². The molecule has 1 unspecified atom stereocenters. The fraction of sp³-hybridized carbons (Fsp3) is 0.757. The van der Waals surface area contributed by atoms with Crippen LogP contribution in [0.3, 0.4) is 0 Å². The van der Waals surface area contributed by atoms with Crippen LogP contribution < -0.4 is 0 Å². The number of allylic oxidation sites excluding steroid dienone is 13. The van der Waals surface area contributed by atoms with Crippen LogP contribution in [-0.4, -0.2) is 37.2 Å². The van der Waals surface area contributed by atoms with Crippen molar-refractivity contribution in [3.05, 3.63) is 85.1 Å². The second-order valence-corrected chi connectivity index (χ2v) is 21.7. The molecule has 0 heterocycles. The fourth-order valence-electron chi connectivity index (χ4n) is 9.31. The van der Waals surface area contributed by atoms with E-state index in [1.165, 1.54) is 199 Å². The van der Waals surface area contributed by atoms with E-state index < -0.39 is 12.1 Å². The molecule has 6 heteroatoms. The number of hydrogen-bond donors (Lipinski definition) is 0. The largest absolute Gasteiger partial charge is 0.462 e. The zero-order chi connectivity index (χ0) is 55.0. The van der Waals surface area contributed by atoms with Gasteiger partial charge >= 0.3 is 17.9 Å². The van der Waals surface area contributed by atoms with Crippen LogP contribution in [0.4, 0.5) is 0 Å². The third-order valence-corrected chi connectivity index (χ3v) is 14.2. The smallest absolute Gasteiger partial charge is 0.309 e. The summed E-state index contributed by atoms with van der Waals surface area (Å²) in [4.78, 5) is 38.2. The minimum absolute atomic E-state index is 0.107. The maximum absolute atomic E-state index is 12.9. The molecule has 0 aromatic rings. The molecule has 0 aliphatic carbocycles. The highest BCUT2D eigenvalue weighted by atomic mass is 16.6. The molecular weight excluding hydrogens is 937 g/mol. The molecule has 0 aliphatic heterocycles. The first kappa shape index (κ1) is 72.6. The van der Waals surface area contributed by atoms with Crippen LogP contribution in [0.15, 0.2) is 85.1 Å². The number of rotatable bonds is 59. The molecule has 6 nitrogen and oxygen atoms in total. The Kier molecular flexibility index (Phi) is 61.2. The van der Waals surface area contributed by atoms with Gasteiger partial charge < -0.3 is 14.2 Å². The summed E-state index contributed by atoms with van der Waals surface area (Å²) in [6.45, 7) is 6.45. The molecule has 76 heavy (non-hydrogen) atoms. The van der Waals surface area contributed by atoms with Gasteiger partial charge in [0, 0.05) is 12.8 Å². The Hall–Kier alpha value is -3.41. The van der Waals surface area contributed by atoms with E-state index in [0.29, 0.717) is 12.8 Å². The molecule has 0 aromatic heterocycles. The van der Waals surface area contributed by atoms with Crippen molar-refractivity contribution < 1.29 is 28.6 Å². The van der Waals surface area contributed by atoms with Gasteiger partial charge in [-0.05, 0) is 77.0 Å². The minimum atomic E-state index is -0.821. The fourth-order valence-corrected chi connectivity index (χ4v) is 9.31. The molecule has 0 rings (SSSR count). The minimum Gasteiger partial charge on any atom is -0.462 e. The number of unbranched alkanes of at least 4 members (excludes halogenated alkanes) is 35. The van der Waals surface area contributed by atoms with Crippen LogP contribution in [0.1, 0.15) is 323 Å². The van der Waals surface area contributed by atoms with Crippen molar-refractivity contribution in [2.75, 3.05) is 13.2 Å². The zero-order valence-corrected chi connectivity index (χ0v) is 50.3. The van der Waals surface area contributed by atoms with Gasteiger partial charge in [-0.25, -0.2) is 0 Å². The lowest BCUT2D eigenvalue weighted by Gasteiger charge is -2.18. The van der Waals surface area contributed by atoms with Gasteiger partial charge in [0.05, 0.1) is 6.42 Å². The van der Waals surface area contributed by atoms with Gasteiger partial charge in [-0.1, -0.05) is 311 Å².